The van der Waals surface area contributed by atoms with Gasteiger partial charge in [-0.2, -0.15) is 8.42 Å². The Hall–Kier alpha value is -2.78. The lowest BCUT2D eigenvalue weighted by atomic mass is 10.1. The molecule has 2 N–H and O–H groups in total. The second kappa shape index (κ2) is 7.45. The van der Waals surface area contributed by atoms with Crippen LogP contribution < -0.4 is 10.0 Å². The fourth-order valence-electron chi connectivity index (χ4n) is 2.33. The molecule has 1 heterocycles. The standard InChI is InChI=1S/C18H18N4O3S2/c1-11-5-4-6-14(9-11)16(23)19-17-20-21-18(26-17)27(24,25)22-15-8-7-12(2)13(3)10-15/h4-10,22H,1-3H3,(H,19,20,23). The van der Waals surface area contributed by atoms with E-state index >= 15 is 0 Å². The van der Waals surface area contributed by atoms with E-state index in [2.05, 4.69) is 20.2 Å². The number of hydrogen-bond donors (Lipinski definition) is 2. The Labute approximate surface area is 161 Å². The van der Waals surface area contributed by atoms with Gasteiger partial charge < -0.3 is 0 Å². The average Bonchev–Trinajstić information content (AvgIpc) is 3.07. The molecule has 1 amide bonds. The summed E-state index contributed by atoms with van der Waals surface area (Å²) in [4.78, 5) is 12.2. The molecule has 0 bridgehead atoms. The van der Waals surface area contributed by atoms with E-state index in [1.54, 1.807) is 30.3 Å². The van der Waals surface area contributed by atoms with Crippen LogP contribution in [0, 0.1) is 20.8 Å². The van der Waals surface area contributed by atoms with Crippen LogP contribution in [0.25, 0.3) is 0 Å². The Morgan fingerprint density at radius 3 is 2.48 bits per heavy atom. The third-order valence-corrected chi connectivity index (χ3v) is 6.48. The molecule has 0 aliphatic rings. The number of hydrogen-bond acceptors (Lipinski definition) is 6. The van der Waals surface area contributed by atoms with Crippen LogP contribution >= 0.6 is 11.3 Å². The summed E-state index contributed by atoms with van der Waals surface area (Å²) < 4.78 is 27.2. The van der Waals surface area contributed by atoms with Crippen LogP contribution in [0.5, 0.6) is 0 Å². The molecule has 0 atom stereocenters. The van der Waals surface area contributed by atoms with E-state index in [4.69, 9.17) is 0 Å². The zero-order chi connectivity index (χ0) is 19.6. The highest BCUT2D eigenvalue weighted by molar-refractivity contribution is 7.94. The topological polar surface area (TPSA) is 101 Å². The monoisotopic (exact) mass is 402 g/mol. The molecule has 3 rings (SSSR count). The number of aryl methyl sites for hydroxylation is 3. The number of anilines is 2. The van der Waals surface area contributed by atoms with E-state index in [0.29, 0.717) is 11.3 Å². The van der Waals surface area contributed by atoms with E-state index in [0.717, 1.165) is 28.0 Å². The number of carbonyl (C=O) groups excluding carboxylic acids is 1. The first kappa shape index (κ1) is 19.0. The Morgan fingerprint density at radius 1 is 1.00 bits per heavy atom. The Morgan fingerprint density at radius 2 is 1.78 bits per heavy atom. The fourth-order valence-corrected chi connectivity index (χ4v) is 4.27. The molecule has 0 aliphatic carbocycles. The van der Waals surface area contributed by atoms with Gasteiger partial charge in [0.2, 0.25) is 5.13 Å². The van der Waals surface area contributed by atoms with Gasteiger partial charge in [0.05, 0.1) is 0 Å². The first-order valence-electron chi connectivity index (χ1n) is 8.06. The number of amides is 1. The molecule has 0 saturated carbocycles. The molecule has 0 fully saturated rings. The maximum Gasteiger partial charge on any atom is 0.291 e. The van der Waals surface area contributed by atoms with Crippen molar-refractivity contribution in [2.45, 2.75) is 25.1 Å². The molecule has 0 radical (unpaired) electrons. The summed E-state index contributed by atoms with van der Waals surface area (Å²) in [6, 6.07) is 12.3. The van der Waals surface area contributed by atoms with Crippen molar-refractivity contribution in [3.05, 3.63) is 64.7 Å². The highest BCUT2D eigenvalue weighted by Crippen LogP contribution is 2.24. The minimum atomic E-state index is -3.89. The highest BCUT2D eigenvalue weighted by atomic mass is 32.2. The first-order valence-corrected chi connectivity index (χ1v) is 10.4. The van der Waals surface area contributed by atoms with Gasteiger partial charge in [-0.25, -0.2) is 0 Å². The third-order valence-electron chi connectivity index (χ3n) is 3.90. The van der Waals surface area contributed by atoms with Crippen molar-refractivity contribution in [3.63, 3.8) is 0 Å². The van der Waals surface area contributed by atoms with Crippen LogP contribution in [0.2, 0.25) is 0 Å². The Kier molecular flexibility index (Phi) is 5.24. The normalized spacial score (nSPS) is 11.2. The maximum atomic E-state index is 12.5. The lowest BCUT2D eigenvalue weighted by Gasteiger charge is -2.07. The number of carbonyl (C=O) groups is 1. The summed E-state index contributed by atoms with van der Waals surface area (Å²) in [5.41, 5.74) is 3.89. The molecule has 9 heteroatoms. The second-order valence-corrected chi connectivity index (χ2v) is 8.93. The van der Waals surface area contributed by atoms with Crippen LogP contribution in [0.1, 0.15) is 27.0 Å². The van der Waals surface area contributed by atoms with E-state index in [1.165, 1.54) is 0 Å². The summed E-state index contributed by atoms with van der Waals surface area (Å²) >= 11 is 0.789. The molecular weight excluding hydrogens is 384 g/mol. The maximum absolute atomic E-state index is 12.5. The number of nitrogens with one attached hydrogen (secondary N) is 2. The lowest BCUT2D eigenvalue weighted by Crippen LogP contribution is -2.13. The van der Waals surface area contributed by atoms with Gasteiger partial charge >= 0.3 is 0 Å². The summed E-state index contributed by atoms with van der Waals surface area (Å²) in [6.07, 6.45) is 0. The molecule has 1 aromatic heterocycles. The molecule has 27 heavy (non-hydrogen) atoms. The van der Waals surface area contributed by atoms with Gasteiger partial charge in [0.15, 0.2) is 0 Å². The SMILES string of the molecule is Cc1cccc(C(=O)Nc2nnc(S(=O)(=O)Nc3ccc(C)c(C)c3)s2)c1. The van der Waals surface area contributed by atoms with Gasteiger partial charge in [-0.1, -0.05) is 35.1 Å². The average molecular weight is 403 g/mol. The molecule has 7 nitrogen and oxygen atoms in total. The van der Waals surface area contributed by atoms with Gasteiger partial charge in [0.1, 0.15) is 0 Å². The van der Waals surface area contributed by atoms with Crippen LogP contribution in [0.4, 0.5) is 10.8 Å². The molecule has 0 saturated heterocycles. The van der Waals surface area contributed by atoms with E-state index in [-0.39, 0.29) is 15.4 Å². The largest absolute Gasteiger partial charge is 0.296 e. The molecular formula is C18H18N4O3S2. The molecule has 2 aromatic carbocycles. The number of rotatable bonds is 5. The van der Waals surface area contributed by atoms with Crippen molar-refractivity contribution < 1.29 is 13.2 Å². The van der Waals surface area contributed by atoms with Crippen molar-refractivity contribution in [1.82, 2.24) is 10.2 Å². The van der Waals surface area contributed by atoms with E-state index in [1.807, 2.05) is 32.9 Å². The van der Waals surface area contributed by atoms with Crippen LogP contribution in [-0.2, 0) is 10.0 Å². The van der Waals surface area contributed by atoms with Crippen molar-refractivity contribution in [2.75, 3.05) is 10.0 Å². The summed E-state index contributed by atoms with van der Waals surface area (Å²) in [6.45, 7) is 5.73. The quantitative estimate of drug-likeness (QED) is 0.636. The van der Waals surface area contributed by atoms with Crippen molar-refractivity contribution in [2.24, 2.45) is 0 Å². The minimum Gasteiger partial charge on any atom is -0.296 e. The van der Waals surface area contributed by atoms with Gasteiger partial charge in [0, 0.05) is 11.3 Å². The molecule has 0 spiro atoms. The first-order chi connectivity index (χ1) is 12.7. The number of sulfonamides is 1. The van der Waals surface area contributed by atoms with Gasteiger partial charge in [-0.3, -0.25) is 14.8 Å². The zero-order valence-corrected chi connectivity index (χ0v) is 16.6. The number of benzene rings is 2. The van der Waals surface area contributed by atoms with Crippen molar-refractivity contribution in [1.29, 1.82) is 0 Å². The summed E-state index contributed by atoms with van der Waals surface area (Å²) in [7, 11) is -3.89. The molecule has 140 valence electrons. The van der Waals surface area contributed by atoms with E-state index in [9.17, 15) is 13.2 Å². The predicted molar refractivity (Wildman–Crippen MR) is 106 cm³/mol. The highest BCUT2D eigenvalue weighted by Gasteiger charge is 2.21. The van der Waals surface area contributed by atoms with Gasteiger partial charge in [-0.05, 0) is 56.2 Å². The van der Waals surface area contributed by atoms with Crippen molar-refractivity contribution in [3.8, 4) is 0 Å². The van der Waals surface area contributed by atoms with Crippen LogP contribution in [0.3, 0.4) is 0 Å². The Balaban J connectivity index is 1.75. The molecule has 0 unspecified atom stereocenters. The van der Waals surface area contributed by atoms with E-state index < -0.39 is 10.0 Å². The molecule has 0 aliphatic heterocycles. The van der Waals surface area contributed by atoms with Crippen molar-refractivity contribution >= 4 is 38.1 Å². The smallest absolute Gasteiger partial charge is 0.291 e. The van der Waals surface area contributed by atoms with Crippen LogP contribution in [0.15, 0.2) is 46.8 Å². The predicted octanol–water partition coefficient (Wildman–Crippen LogP) is 3.52. The molecule has 3 aromatic rings. The fraction of sp³-hybridized carbons (Fsp3) is 0.167. The lowest BCUT2D eigenvalue weighted by molar-refractivity contribution is 0.102. The summed E-state index contributed by atoms with van der Waals surface area (Å²) in [5, 5.41) is 10.1. The number of aromatic nitrogens is 2. The number of nitrogens with zero attached hydrogens (tertiary/aromatic N) is 2. The summed E-state index contributed by atoms with van der Waals surface area (Å²) in [5.74, 6) is -0.374. The van der Waals surface area contributed by atoms with Gasteiger partial charge in [-0.15, -0.1) is 10.2 Å². The third kappa shape index (κ3) is 4.50. The Bertz CT molecular complexity index is 1110. The minimum absolute atomic E-state index is 0.113. The van der Waals surface area contributed by atoms with Gasteiger partial charge in [0.25, 0.3) is 20.3 Å². The van der Waals surface area contributed by atoms with Crippen LogP contribution in [-0.4, -0.2) is 24.5 Å². The zero-order valence-electron chi connectivity index (χ0n) is 15.0. The second-order valence-electron chi connectivity index (χ2n) is 6.10.